The third-order valence-corrected chi connectivity index (χ3v) is 11.3. The number of hydrogen-bond acceptors (Lipinski definition) is 4. The van der Waals surface area contributed by atoms with Gasteiger partial charge in [0.15, 0.2) is 0 Å². The number of allylic oxidation sites excluding steroid dienone is 1. The maximum absolute atomic E-state index is 12.3. The van der Waals surface area contributed by atoms with Crippen molar-refractivity contribution in [1.29, 1.82) is 0 Å². The average Bonchev–Trinajstić information content (AvgIpc) is 3.21. The van der Waals surface area contributed by atoms with E-state index in [2.05, 4.69) is 46.0 Å². The molecule has 5 heteroatoms. The largest absolute Gasteiger partial charge is 0.446 e. The lowest BCUT2D eigenvalue weighted by atomic mass is 9.47. The van der Waals surface area contributed by atoms with Crippen LogP contribution in [0, 0.1) is 46.3 Å². The first kappa shape index (κ1) is 28.9. The van der Waals surface area contributed by atoms with Crippen LogP contribution in [0.3, 0.4) is 0 Å². The van der Waals surface area contributed by atoms with Gasteiger partial charge in [0.1, 0.15) is 6.10 Å². The summed E-state index contributed by atoms with van der Waals surface area (Å²) in [6, 6.07) is 0. The van der Waals surface area contributed by atoms with E-state index < -0.39 is 0 Å². The minimum Gasteiger partial charge on any atom is -0.446 e. The smallest absolute Gasteiger partial charge is 0.407 e. The van der Waals surface area contributed by atoms with E-state index in [0.29, 0.717) is 25.2 Å². The minimum atomic E-state index is -0.344. The van der Waals surface area contributed by atoms with Crippen molar-refractivity contribution < 1.29 is 19.4 Å². The van der Waals surface area contributed by atoms with Gasteiger partial charge < -0.3 is 19.9 Å². The Morgan fingerprint density at radius 1 is 1.08 bits per heavy atom. The fraction of sp³-hybridized carbons (Fsp3) is 0.906. The summed E-state index contributed by atoms with van der Waals surface area (Å²) in [7, 11) is 0. The highest BCUT2D eigenvalue weighted by molar-refractivity contribution is 5.67. The van der Waals surface area contributed by atoms with Gasteiger partial charge in [-0.05, 0) is 91.3 Å². The second-order valence-electron chi connectivity index (χ2n) is 13.8. The number of hydrogen-bond donors (Lipinski definition) is 2. The first-order chi connectivity index (χ1) is 17.7. The van der Waals surface area contributed by atoms with Gasteiger partial charge in [-0.25, -0.2) is 4.79 Å². The summed E-state index contributed by atoms with van der Waals surface area (Å²) in [6.45, 7) is 13.6. The number of carbonyl (C=O) groups excluding carboxylic acids is 1. The number of rotatable bonds is 11. The van der Waals surface area contributed by atoms with Crippen molar-refractivity contribution in [3.05, 3.63) is 11.6 Å². The van der Waals surface area contributed by atoms with E-state index in [4.69, 9.17) is 14.6 Å². The van der Waals surface area contributed by atoms with Crippen molar-refractivity contribution in [3.8, 4) is 0 Å². The molecule has 0 saturated heterocycles. The zero-order valence-electron chi connectivity index (χ0n) is 24.4. The molecule has 0 aromatic heterocycles. The number of nitrogens with one attached hydrogen (secondary N) is 1. The SMILES string of the molecule is CC(C)CCC[C@@H](C)[C@H]1CCC2C3CC=C4CC(OC(=O)NCCOCCO)CC[C@]4(C)C3CC[C@@]21C. The number of ether oxygens (including phenoxy) is 2. The molecule has 0 aliphatic heterocycles. The van der Waals surface area contributed by atoms with Crippen LogP contribution in [0.1, 0.15) is 105 Å². The Hall–Kier alpha value is -1.07. The Morgan fingerprint density at radius 2 is 1.89 bits per heavy atom. The van der Waals surface area contributed by atoms with Gasteiger partial charge in [0, 0.05) is 13.0 Å². The first-order valence-electron chi connectivity index (χ1n) is 15.5. The molecule has 0 radical (unpaired) electrons. The third kappa shape index (κ3) is 6.24. The van der Waals surface area contributed by atoms with E-state index in [9.17, 15) is 4.79 Å². The Bertz CT molecular complexity index is 796. The van der Waals surface area contributed by atoms with Crippen LogP contribution < -0.4 is 5.32 Å². The lowest BCUT2D eigenvalue weighted by Crippen LogP contribution is -2.51. The highest BCUT2D eigenvalue weighted by atomic mass is 16.6. The normalized spacial score (nSPS) is 37.8. The number of amides is 1. The van der Waals surface area contributed by atoms with E-state index in [1.54, 1.807) is 5.57 Å². The molecule has 8 atom stereocenters. The van der Waals surface area contributed by atoms with Crippen molar-refractivity contribution >= 4 is 6.09 Å². The molecule has 0 aromatic carbocycles. The van der Waals surface area contributed by atoms with Crippen LogP contribution in [-0.4, -0.2) is 43.7 Å². The van der Waals surface area contributed by atoms with E-state index in [1.807, 2.05) is 0 Å². The molecule has 4 rings (SSSR count). The summed E-state index contributed by atoms with van der Waals surface area (Å²) in [4.78, 5) is 12.3. The van der Waals surface area contributed by atoms with Crippen LogP contribution in [0.5, 0.6) is 0 Å². The molecule has 0 aromatic rings. The predicted octanol–water partition coefficient (Wildman–Crippen LogP) is 7.13. The van der Waals surface area contributed by atoms with Crippen molar-refractivity contribution in [2.75, 3.05) is 26.4 Å². The lowest BCUT2D eigenvalue weighted by Gasteiger charge is -2.58. The fourth-order valence-electron chi connectivity index (χ4n) is 9.34. The molecular formula is C32H55NO4. The Kier molecular flexibility index (Phi) is 9.70. The Morgan fingerprint density at radius 3 is 2.65 bits per heavy atom. The maximum atomic E-state index is 12.3. The van der Waals surface area contributed by atoms with Crippen LogP contribution in [0.2, 0.25) is 0 Å². The Balaban J connectivity index is 1.34. The molecule has 4 aliphatic rings. The molecule has 37 heavy (non-hydrogen) atoms. The van der Waals surface area contributed by atoms with Crippen LogP contribution in [-0.2, 0) is 9.47 Å². The molecule has 212 valence electrons. The standard InChI is InChI=1S/C32H55NO4/c1-22(2)7-6-8-23(3)27-11-12-28-26-10-9-24-21-25(37-30(35)33-17-19-36-20-18-34)13-15-31(24,4)29(26)14-16-32(27,28)5/h9,22-23,25-29,34H,6-8,10-21H2,1-5H3,(H,33,35)/t23-,25?,26?,27-,28?,29?,31+,32-/m1/s1. The van der Waals surface area contributed by atoms with Crippen molar-refractivity contribution in [1.82, 2.24) is 5.32 Å². The van der Waals surface area contributed by atoms with Gasteiger partial charge in [-0.2, -0.15) is 0 Å². The summed E-state index contributed by atoms with van der Waals surface area (Å²) in [5.74, 6) is 5.09. The minimum absolute atomic E-state index is 0.000380. The fourth-order valence-corrected chi connectivity index (χ4v) is 9.34. The van der Waals surface area contributed by atoms with Crippen molar-refractivity contribution in [2.45, 2.75) is 111 Å². The number of alkyl carbamates (subject to hydrolysis) is 1. The summed E-state index contributed by atoms with van der Waals surface area (Å²) in [5.41, 5.74) is 2.36. The van der Waals surface area contributed by atoms with Gasteiger partial charge in [-0.1, -0.05) is 65.5 Å². The van der Waals surface area contributed by atoms with Gasteiger partial charge in [-0.3, -0.25) is 0 Å². The zero-order chi connectivity index (χ0) is 26.6. The second-order valence-corrected chi connectivity index (χ2v) is 13.8. The van der Waals surface area contributed by atoms with Gasteiger partial charge in [-0.15, -0.1) is 0 Å². The molecule has 3 fully saturated rings. The molecule has 0 heterocycles. The zero-order valence-corrected chi connectivity index (χ0v) is 24.4. The topological polar surface area (TPSA) is 67.8 Å². The van der Waals surface area contributed by atoms with E-state index in [-0.39, 0.29) is 24.2 Å². The molecule has 5 nitrogen and oxygen atoms in total. The monoisotopic (exact) mass is 517 g/mol. The lowest BCUT2D eigenvalue weighted by molar-refractivity contribution is -0.0581. The summed E-state index contributed by atoms with van der Waals surface area (Å²) in [5, 5.41) is 11.6. The predicted molar refractivity (Wildman–Crippen MR) is 149 cm³/mol. The number of carbonyl (C=O) groups is 1. The number of fused-ring (bicyclic) bond motifs is 5. The highest BCUT2D eigenvalue weighted by Gasteiger charge is 2.59. The molecule has 0 bridgehead atoms. The molecule has 2 N–H and O–H groups in total. The quantitative estimate of drug-likeness (QED) is 0.226. The van der Waals surface area contributed by atoms with Gasteiger partial charge in [0.05, 0.1) is 19.8 Å². The third-order valence-electron chi connectivity index (χ3n) is 11.3. The highest BCUT2D eigenvalue weighted by Crippen LogP contribution is 2.67. The first-order valence-corrected chi connectivity index (χ1v) is 15.5. The van der Waals surface area contributed by atoms with Crippen LogP contribution in [0.15, 0.2) is 11.6 Å². The van der Waals surface area contributed by atoms with Crippen molar-refractivity contribution in [3.63, 3.8) is 0 Å². The van der Waals surface area contributed by atoms with E-state index in [0.717, 1.165) is 54.8 Å². The average molecular weight is 518 g/mol. The molecule has 1 amide bonds. The van der Waals surface area contributed by atoms with Crippen LogP contribution >= 0.6 is 0 Å². The van der Waals surface area contributed by atoms with E-state index >= 15 is 0 Å². The van der Waals surface area contributed by atoms with Crippen molar-refractivity contribution in [2.24, 2.45) is 46.3 Å². The number of aliphatic hydroxyl groups is 1. The molecule has 4 unspecified atom stereocenters. The van der Waals surface area contributed by atoms with Crippen LogP contribution in [0.25, 0.3) is 0 Å². The van der Waals surface area contributed by atoms with E-state index in [1.165, 1.54) is 51.4 Å². The number of aliphatic hydroxyl groups excluding tert-OH is 1. The molecular weight excluding hydrogens is 462 g/mol. The summed E-state index contributed by atoms with van der Waals surface area (Å²) in [6.07, 6.45) is 16.3. The van der Waals surface area contributed by atoms with Gasteiger partial charge >= 0.3 is 6.09 Å². The Labute approximate surface area is 226 Å². The summed E-state index contributed by atoms with van der Waals surface area (Å²) < 4.78 is 11.0. The molecule has 3 saturated carbocycles. The second kappa shape index (κ2) is 12.4. The molecule has 4 aliphatic carbocycles. The van der Waals surface area contributed by atoms with Gasteiger partial charge in [0.25, 0.3) is 0 Å². The molecule has 0 spiro atoms. The van der Waals surface area contributed by atoms with Crippen LogP contribution in [0.4, 0.5) is 4.79 Å². The maximum Gasteiger partial charge on any atom is 0.407 e. The summed E-state index contributed by atoms with van der Waals surface area (Å²) >= 11 is 0. The van der Waals surface area contributed by atoms with Gasteiger partial charge in [0.2, 0.25) is 0 Å².